The predicted molar refractivity (Wildman–Crippen MR) is 94.9 cm³/mol. The Kier molecular flexibility index (Phi) is 9.09. The summed E-state index contributed by atoms with van der Waals surface area (Å²) in [6, 6.07) is 7.52. The molecule has 1 aromatic carbocycles. The number of rotatable bonds is 10. The molecule has 0 aliphatic carbocycles. The first-order valence-electron chi connectivity index (χ1n) is 6.60. The van der Waals surface area contributed by atoms with Crippen molar-refractivity contribution < 1.29 is 5.11 Å². The quantitative estimate of drug-likeness (QED) is 0.500. The smallest absolute Gasteiger partial charge is 0.119 e. The van der Waals surface area contributed by atoms with Crippen LogP contribution in [0.25, 0.3) is 0 Å². The molecule has 0 heterocycles. The van der Waals surface area contributed by atoms with E-state index in [1.165, 1.54) is 5.57 Å². The van der Waals surface area contributed by atoms with Gasteiger partial charge in [-0.25, -0.2) is 0 Å². The van der Waals surface area contributed by atoms with Gasteiger partial charge in [-0.05, 0) is 18.1 Å². The highest BCUT2D eigenvalue weighted by atomic mass is 32.2. The Labute approximate surface area is 130 Å². The van der Waals surface area contributed by atoms with Gasteiger partial charge in [-0.2, -0.15) is 23.5 Å². The maximum absolute atomic E-state index is 9.79. The zero-order valence-electron chi connectivity index (χ0n) is 11.8. The van der Waals surface area contributed by atoms with Crippen molar-refractivity contribution >= 4 is 23.5 Å². The third-order valence-corrected chi connectivity index (χ3v) is 4.74. The van der Waals surface area contributed by atoms with Crippen LogP contribution in [0, 0.1) is 0 Å². The maximum Gasteiger partial charge on any atom is 0.119 e. The topological polar surface area (TPSA) is 20.2 Å². The minimum atomic E-state index is 0.376. The van der Waals surface area contributed by atoms with Crippen molar-refractivity contribution in [3.63, 3.8) is 0 Å². The van der Waals surface area contributed by atoms with E-state index < -0.39 is 0 Å². The first kappa shape index (κ1) is 17.0. The summed E-state index contributed by atoms with van der Waals surface area (Å²) < 4.78 is 0. The maximum atomic E-state index is 9.79. The molecule has 1 aromatic rings. The molecule has 3 heteroatoms. The molecule has 20 heavy (non-hydrogen) atoms. The molecule has 1 rings (SSSR count). The largest absolute Gasteiger partial charge is 0.508 e. The Morgan fingerprint density at radius 3 is 2.20 bits per heavy atom. The summed E-state index contributed by atoms with van der Waals surface area (Å²) in [5.74, 6) is 4.36. The monoisotopic (exact) mass is 306 g/mol. The van der Waals surface area contributed by atoms with Gasteiger partial charge in [0.25, 0.3) is 0 Å². The van der Waals surface area contributed by atoms with E-state index in [4.69, 9.17) is 0 Å². The number of hydrogen-bond acceptors (Lipinski definition) is 3. The highest BCUT2D eigenvalue weighted by Gasteiger charge is 2.01. The number of hydrogen-bond donors (Lipinski definition) is 1. The molecule has 0 atom stereocenters. The number of allylic oxidation sites excluding steroid dienone is 1. The van der Waals surface area contributed by atoms with Crippen LogP contribution in [-0.2, 0) is 6.42 Å². The molecule has 0 radical (unpaired) electrons. The highest BCUT2D eigenvalue weighted by Crippen LogP contribution is 2.19. The Balaban J connectivity index is 2.59. The van der Waals surface area contributed by atoms with Gasteiger partial charge in [0, 0.05) is 23.0 Å². The molecule has 108 valence electrons. The molecule has 0 aromatic heterocycles. The number of para-hydroxylation sites is 1. The molecular formula is C17H22OS2. The number of phenols is 1. The van der Waals surface area contributed by atoms with Gasteiger partial charge in [0.05, 0.1) is 0 Å². The van der Waals surface area contributed by atoms with Crippen molar-refractivity contribution in [1.29, 1.82) is 0 Å². The average Bonchev–Trinajstić information content (AvgIpc) is 2.46. The first-order chi connectivity index (χ1) is 9.77. The van der Waals surface area contributed by atoms with Crippen molar-refractivity contribution in [1.82, 2.24) is 0 Å². The molecule has 0 aliphatic rings. The third kappa shape index (κ3) is 6.92. The van der Waals surface area contributed by atoms with E-state index in [0.717, 1.165) is 35.0 Å². The van der Waals surface area contributed by atoms with Crippen LogP contribution in [0.2, 0.25) is 0 Å². The highest BCUT2D eigenvalue weighted by molar-refractivity contribution is 8.00. The number of aromatic hydroxyl groups is 1. The van der Waals surface area contributed by atoms with Crippen molar-refractivity contribution in [2.75, 3.05) is 23.0 Å². The van der Waals surface area contributed by atoms with E-state index in [0.29, 0.717) is 5.75 Å². The Bertz CT molecular complexity index is 436. The van der Waals surface area contributed by atoms with Crippen LogP contribution in [0.3, 0.4) is 0 Å². The lowest BCUT2D eigenvalue weighted by atomic mass is 10.1. The molecule has 1 nitrogen and oxygen atoms in total. The second-order valence-corrected chi connectivity index (χ2v) is 6.36. The van der Waals surface area contributed by atoms with Gasteiger partial charge in [-0.1, -0.05) is 42.0 Å². The van der Waals surface area contributed by atoms with Crippen LogP contribution in [0.1, 0.15) is 5.56 Å². The molecule has 0 bridgehead atoms. The molecule has 0 spiro atoms. The van der Waals surface area contributed by atoms with Gasteiger partial charge in [0.2, 0.25) is 0 Å². The zero-order chi connectivity index (χ0) is 14.6. The van der Waals surface area contributed by atoms with E-state index in [-0.39, 0.29) is 0 Å². The van der Waals surface area contributed by atoms with Gasteiger partial charge in [0.1, 0.15) is 5.75 Å². The van der Waals surface area contributed by atoms with Gasteiger partial charge in [0.15, 0.2) is 0 Å². The summed E-state index contributed by atoms with van der Waals surface area (Å²) in [6.45, 7) is 7.49. The SMILES string of the molecule is C=CCSCC(=CCc1ccccc1O)CSCC=C. The summed E-state index contributed by atoms with van der Waals surface area (Å²) in [5, 5.41) is 9.79. The summed E-state index contributed by atoms with van der Waals surface area (Å²) in [6.07, 6.45) is 6.89. The first-order valence-corrected chi connectivity index (χ1v) is 8.91. The van der Waals surface area contributed by atoms with Crippen molar-refractivity contribution in [2.45, 2.75) is 6.42 Å². The zero-order valence-corrected chi connectivity index (χ0v) is 13.4. The lowest BCUT2D eigenvalue weighted by molar-refractivity contribution is 0.469. The van der Waals surface area contributed by atoms with Crippen LogP contribution in [0.4, 0.5) is 0 Å². The average molecular weight is 306 g/mol. The van der Waals surface area contributed by atoms with Crippen molar-refractivity contribution in [2.24, 2.45) is 0 Å². The molecule has 0 saturated heterocycles. The Morgan fingerprint density at radius 1 is 1.05 bits per heavy atom. The van der Waals surface area contributed by atoms with Crippen LogP contribution < -0.4 is 0 Å². The van der Waals surface area contributed by atoms with Gasteiger partial charge >= 0.3 is 0 Å². The fraction of sp³-hybridized carbons (Fsp3) is 0.294. The lowest BCUT2D eigenvalue weighted by Gasteiger charge is -2.07. The number of thioether (sulfide) groups is 2. The van der Waals surface area contributed by atoms with E-state index >= 15 is 0 Å². The molecule has 0 aliphatic heterocycles. The van der Waals surface area contributed by atoms with Crippen molar-refractivity contribution in [3.05, 3.63) is 66.8 Å². The minimum absolute atomic E-state index is 0.376. The van der Waals surface area contributed by atoms with E-state index in [2.05, 4.69) is 19.2 Å². The lowest BCUT2D eigenvalue weighted by Crippen LogP contribution is -1.95. The number of benzene rings is 1. The standard InChI is InChI=1S/C17H22OS2/c1-3-11-19-13-15(14-20-12-4-2)9-10-16-7-5-6-8-17(16)18/h3-9,18H,1-2,10-14H2. The molecule has 0 fully saturated rings. The van der Waals surface area contributed by atoms with E-state index in [1.807, 2.05) is 53.9 Å². The number of phenolic OH excluding ortho intramolecular Hbond substituents is 1. The molecular weight excluding hydrogens is 284 g/mol. The van der Waals surface area contributed by atoms with Gasteiger partial charge in [-0.3, -0.25) is 0 Å². The van der Waals surface area contributed by atoms with Crippen LogP contribution in [0.15, 0.2) is 61.2 Å². The Morgan fingerprint density at radius 2 is 1.65 bits per heavy atom. The molecule has 1 N–H and O–H groups in total. The molecule has 0 unspecified atom stereocenters. The second-order valence-electron chi connectivity index (χ2n) is 4.30. The normalized spacial score (nSPS) is 10.0. The van der Waals surface area contributed by atoms with Crippen LogP contribution in [0.5, 0.6) is 5.75 Å². The predicted octanol–water partition coefficient (Wildman–Crippen LogP) is 4.70. The van der Waals surface area contributed by atoms with Gasteiger partial charge < -0.3 is 5.11 Å². The van der Waals surface area contributed by atoms with E-state index in [9.17, 15) is 5.11 Å². The van der Waals surface area contributed by atoms with Crippen LogP contribution in [-0.4, -0.2) is 28.1 Å². The fourth-order valence-corrected chi connectivity index (χ4v) is 3.31. The summed E-state index contributed by atoms with van der Waals surface area (Å²) in [7, 11) is 0. The van der Waals surface area contributed by atoms with Crippen LogP contribution >= 0.6 is 23.5 Å². The van der Waals surface area contributed by atoms with Gasteiger partial charge in [-0.15, -0.1) is 13.2 Å². The summed E-state index contributed by atoms with van der Waals surface area (Å²) in [4.78, 5) is 0. The minimum Gasteiger partial charge on any atom is -0.508 e. The second kappa shape index (κ2) is 10.7. The molecule has 0 amide bonds. The third-order valence-electron chi connectivity index (χ3n) is 2.65. The fourth-order valence-electron chi connectivity index (χ4n) is 1.64. The molecule has 0 saturated carbocycles. The summed E-state index contributed by atoms with van der Waals surface area (Å²) >= 11 is 3.74. The van der Waals surface area contributed by atoms with Crippen molar-refractivity contribution in [3.8, 4) is 5.75 Å². The Hall–Kier alpha value is -1.06. The summed E-state index contributed by atoms with van der Waals surface area (Å²) in [5.41, 5.74) is 2.39. The van der Waals surface area contributed by atoms with E-state index in [1.54, 1.807) is 6.07 Å².